The van der Waals surface area contributed by atoms with Gasteiger partial charge in [0.05, 0.1) is 0 Å². The van der Waals surface area contributed by atoms with E-state index < -0.39 is 5.75 Å². The van der Waals surface area contributed by atoms with Crippen molar-refractivity contribution in [1.82, 2.24) is 0 Å². The first-order valence-electron chi connectivity index (χ1n) is 4.31. The third kappa shape index (κ3) is 1.69. The zero-order valence-corrected chi connectivity index (χ0v) is 7.83. The van der Waals surface area contributed by atoms with Gasteiger partial charge in [0.25, 0.3) is 0 Å². The maximum Gasteiger partial charge on any atom is 0.200 e. The fraction of sp³-hybridized carbons (Fsp3) is 0.400. The van der Waals surface area contributed by atoms with E-state index in [4.69, 9.17) is 5.11 Å². The quantitative estimate of drug-likeness (QED) is 0.613. The summed E-state index contributed by atoms with van der Waals surface area (Å²) in [4.78, 5) is 0. The fourth-order valence-electron chi connectivity index (χ4n) is 1.38. The van der Waals surface area contributed by atoms with Crippen molar-refractivity contribution >= 4 is 0 Å². The molecule has 0 amide bonds. The van der Waals surface area contributed by atoms with Gasteiger partial charge in [0, 0.05) is 5.56 Å². The fourth-order valence-corrected chi connectivity index (χ4v) is 1.38. The molecule has 3 nitrogen and oxygen atoms in total. The minimum Gasteiger partial charge on any atom is -0.504 e. The summed E-state index contributed by atoms with van der Waals surface area (Å²) >= 11 is 0. The van der Waals surface area contributed by atoms with Gasteiger partial charge in [-0.15, -0.1) is 0 Å². The Morgan fingerprint density at radius 1 is 1.15 bits per heavy atom. The molecule has 13 heavy (non-hydrogen) atoms. The normalized spacial score (nSPS) is 10.3. The van der Waals surface area contributed by atoms with E-state index in [0.717, 1.165) is 12.0 Å². The van der Waals surface area contributed by atoms with Crippen molar-refractivity contribution in [2.75, 3.05) is 0 Å². The van der Waals surface area contributed by atoms with Crippen LogP contribution in [-0.2, 0) is 6.42 Å². The zero-order chi connectivity index (χ0) is 10.0. The van der Waals surface area contributed by atoms with Crippen LogP contribution in [0.5, 0.6) is 17.2 Å². The highest BCUT2D eigenvalue weighted by Gasteiger charge is 2.13. The van der Waals surface area contributed by atoms with E-state index in [-0.39, 0.29) is 11.5 Å². The van der Waals surface area contributed by atoms with Crippen LogP contribution < -0.4 is 0 Å². The molecular weight excluding hydrogens is 168 g/mol. The highest BCUT2D eigenvalue weighted by molar-refractivity contribution is 5.56. The SMILES string of the molecule is CCCc1c(C)cc(O)c(O)c1O. The van der Waals surface area contributed by atoms with Crippen molar-refractivity contribution in [3.05, 3.63) is 17.2 Å². The average Bonchev–Trinajstić information content (AvgIpc) is 2.09. The van der Waals surface area contributed by atoms with E-state index in [0.29, 0.717) is 12.0 Å². The molecule has 0 atom stereocenters. The van der Waals surface area contributed by atoms with E-state index in [1.807, 2.05) is 6.92 Å². The monoisotopic (exact) mass is 182 g/mol. The lowest BCUT2D eigenvalue weighted by Crippen LogP contribution is -1.90. The number of aromatic hydroxyl groups is 3. The first kappa shape index (κ1) is 9.71. The third-order valence-electron chi connectivity index (χ3n) is 2.08. The van der Waals surface area contributed by atoms with Crippen LogP contribution in [0, 0.1) is 6.92 Å². The smallest absolute Gasteiger partial charge is 0.200 e. The van der Waals surface area contributed by atoms with Crippen molar-refractivity contribution in [2.45, 2.75) is 26.7 Å². The number of hydrogen-bond acceptors (Lipinski definition) is 3. The number of phenols is 3. The van der Waals surface area contributed by atoms with E-state index >= 15 is 0 Å². The second-order valence-corrected chi connectivity index (χ2v) is 3.14. The van der Waals surface area contributed by atoms with Crippen LogP contribution in [-0.4, -0.2) is 15.3 Å². The molecule has 0 aliphatic heterocycles. The van der Waals surface area contributed by atoms with Crippen LogP contribution in [0.25, 0.3) is 0 Å². The summed E-state index contributed by atoms with van der Waals surface area (Å²) in [7, 11) is 0. The third-order valence-corrected chi connectivity index (χ3v) is 2.08. The predicted molar refractivity (Wildman–Crippen MR) is 50.2 cm³/mol. The molecule has 0 spiro atoms. The second kappa shape index (κ2) is 3.56. The molecule has 0 aromatic heterocycles. The summed E-state index contributed by atoms with van der Waals surface area (Å²) in [6.45, 7) is 3.78. The lowest BCUT2D eigenvalue weighted by Gasteiger charge is -2.09. The minimum atomic E-state index is -0.422. The molecule has 0 radical (unpaired) electrons. The van der Waals surface area contributed by atoms with Gasteiger partial charge in [0.2, 0.25) is 5.75 Å². The summed E-state index contributed by atoms with van der Waals surface area (Å²) < 4.78 is 0. The molecule has 0 fully saturated rings. The Morgan fingerprint density at radius 2 is 1.77 bits per heavy atom. The molecule has 0 bridgehead atoms. The topological polar surface area (TPSA) is 60.7 Å². The van der Waals surface area contributed by atoms with Crippen molar-refractivity contribution in [3.63, 3.8) is 0 Å². The molecule has 0 saturated heterocycles. The van der Waals surface area contributed by atoms with Crippen molar-refractivity contribution in [1.29, 1.82) is 0 Å². The number of hydrogen-bond donors (Lipinski definition) is 3. The van der Waals surface area contributed by atoms with Gasteiger partial charge in [-0.05, 0) is 25.0 Å². The molecule has 1 aromatic rings. The highest BCUT2D eigenvalue weighted by Crippen LogP contribution is 2.39. The largest absolute Gasteiger partial charge is 0.504 e. The summed E-state index contributed by atoms with van der Waals surface area (Å²) in [6.07, 6.45) is 1.59. The standard InChI is InChI=1S/C10H14O3/c1-3-4-7-6(2)5-8(11)10(13)9(7)12/h5,11-13H,3-4H2,1-2H3. The first-order valence-corrected chi connectivity index (χ1v) is 4.31. The van der Waals surface area contributed by atoms with Gasteiger partial charge in [-0.1, -0.05) is 13.3 Å². The highest BCUT2D eigenvalue weighted by atomic mass is 16.3. The molecule has 0 aliphatic rings. The molecule has 3 N–H and O–H groups in total. The Balaban J connectivity index is 3.26. The maximum atomic E-state index is 9.48. The summed E-state index contributed by atoms with van der Waals surface area (Å²) in [5.74, 6) is -0.886. The van der Waals surface area contributed by atoms with Crippen LogP contribution >= 0.6 is 0 Å². The lowest BCUT2D eigenvalue weighted by molar-refractivity contribution is 0.364. The van der Waals surface area contributed by atoms with Crippen LogP contribution in [0.2, 0.25) is 0 Å². The van der Waals surface area contributed by atoms with Gasteiger partial charge in [-0.3, -0.25) is 0 Å². The van der Waals surface area contributed by atoms with Gasteiger partial charge in [0.15, 0.2) is 11.5 Å². The molecule has 1 aromatic carbocycles. The molecule has 0 heterocycles. The second-order valence-electron chi connectivity index (χ2n) is 3.14. The average molecular weight is 182 g/mol. The molecule has 0 unspecified atom stereocenters. The summed E-state index contributed by atoms with van der Waals surface area (Å²) in [5.41, 5.74) is 1.51. The van der Waals surface area contributed by atoms with Crippen molar-refractivity contribution in [3.8, 4) is 17.2 Å². The van der Waals surface area contributed by atoms with Crippen LogP contribution in [0.3, 0.4) is 0 Å². The van der Waals surface area contributed by atoms with Crippen LogP contribution in [0.1, 0.15) is 24.5 Å². The van der Waals surface area contributed by atoms with Crippen molar-refractivity contribution in [2.24, 2.45) is 0 Å². The zero-order valence-electron chi connectivity index (χ0n) is 7.83. The molecule has 3 heteroatoms. The maximum absolute atomic E-state index is 9.48. The van der Waals surface area contributed by atoms with Gasteiger partial charge in [0.1, 0.15) is 0 Å². The van der Waals surface area contributed by atoms with Gasteiger partial charge in [-0.25, -0.2) is 0 Å². The number of aryl methyl sites for hydroxylation is 1. The Kier molecular flexibility index (Phi) is 2.66. The Morgan fingerprint density at radius 3 is 2.31 bits per heavy atom. The molecule has 72 valence electrons. The number of phenolic OH excluding ortho intramolecular Hbond substituents is 3. The van der Waals surface area contributed by atoms with E-state index in [9.17, 15) is 10.2 Å². The molecule has 0 aliphatic carbocycles. The van der Waals surface area contributed by atoms with Gasteiger partial charge < -0.3 is 15.3 Å². The Bertz CT molecular complexity index is 318. The summed E-state index contributed by atoms with van der Waals surface area (Å²) in [6, 6.07) is 1.46. The van der Waals surface area contributed by atoms with Gasteiger partial charge in [-0.2, -0.15) is 0 Å². The van der Waals surface area contributed by atoms with Crippen LogP contribution in [0.4, 0.5) is 0 Å². The molecule has 0 saturated carbocycles. The van der Waals surface area contributed by atoms with E-state index in [2.05, 4.69) is 0 Å². The Hall–Kier alpha value is -1.38. The predicted octanol–water partition coefficient (Wildman–Crippen LogP) is 2.06. The van der Waals surface area contributed by atoms with Crippen molar-refractivity contribution < 1.29 is 15.3 Å². The van der Waals surface area contributed by atoms with Crippen LogP contribution in [0.15, 0.2) is 6.07 Å². The first-order chi connectivity index (χ1) is 6.07. The van der Waals surface area contributed by atoms with Gasteiger partial charge >= 0.3 is 0 Å². The number of benzene rings is 1. The van der Waals surface area contributed by atoms with E-state index in [1.165, 1.54) is 6.07 Å². The molecular formula is C10H14O3. The number of rotatable bonds is 2. The van der Waals surface area contributed by atoms with E-state index in [1.54, 1.807) is 6.92 Å². The Labute approximate surface area is 77.3 Å². The lowest BCUT2D eigenvalue weighted by atomic mass is 10.0. The summed E-state index contributed by atoms with van der Waals surface area (Å²) in [5, 5.41) is 27.9. The molecule has 1 rings (SSSR count). The minimum absolute atomic E-state index is 0.195.